The zero-order valence-electron chi connectivity index (χ0n) is 10.8. The smallest absolute Gasteiger partial charge is 0.163 e. The molecule has 2 aliphatic rings. The number of hydrogen-bond donors (Lipinski definition) is 0. The van der Waals surface area contributed by atoms with Gasteiger partial charge in [-0.1, -0.05) is 37.8 Å². The van der Waals surface area contributed by atoms with E-state index in [2.05, 4.69) is 0 Å². The molecule has 0 radical (unpaired) electrons. The normalized spacial score (nSPS) is 19.2. The van der Waals surface area contributed by atoms with Crippen LogP contribution in [0.4, 0.5) is 0 Å². The van der Waals surface area contributed by atoms with E-state index in [1.807, 2.05) is 18.2 Å². The van der Waals surface area contributed by atoms with Crippen molar-refractivity contribution in [2.45, 2.75) is 44.9 Å². The molecule has 1 fully saturated rings. The summed E-state index contributed by atoms with van der Waals surface area (Å²) >= 11 is 0. The van der Waals surface area contributed by atoms with Gasteiger partial charge in [-0.3, -0.25) is 4.79 Å². The summed E-state index contributed by atoms with van der Waals surface area (Å²) in [6.07, 6.45) is 8.19. The highest BCUT2D eigenvalue weighted by Crippen LogP contribution is 2.31. The van der Waals surface area contributed by atoms with E-state index in [4.69, 9.17) is 4.74 Å². The first-order valence-electron chi connectivity index (χ1n) is 7.12. The van der Waals surface area contributed by atoms with Crippen LogP contribution in [0.5, 0.6) is 5.75 Å². The van der Waals surface area contributed by atoms with E-state index in [0.29, 0.717) is 6.42 Å². The average molecular weight is 244 g/mol. The zero-order chi connectivity index (χ0) is 12.4. The Balaban J connectivity index is 1.61. The molecular formula is C16H20O2. The summed E-state index contributed by atoms with van der Waals surface area (Å²) in [6, 6.07) is 5.87. The van der Waals surface area contributed by atoms with Crippen molar-refractivity contribution in [2.24, 2.45) is 5.92 Å². The molecule has 1 aromatic rings. The lowest BCUT2D eigenvalue weighted by molar-refractivity contribution is 0.0994. The Bertz CT molecular complexity index is 444. The molecule has 2 nitrogen and oxygen atoms in total. The van der Waals surface area contributed by atoms with Gasteiger partial charge in [-0.25, -0.2) is 0 Å². The third kappa shape index (κ3) is 2.29. The highest BCUT2D eigenvalue weighted by Gasteiger charge is 2.22. The lowest BCUT2D eigenvalue weighted by Crippen LogP contribution is -2.05. The molecular weight excluding hydrogens is 224 g/mol. The number of ketones is 1. The Morgan fingerprint density at radius 2 is 2.00 bits per heavy atom. The first-order valence-corrected chi connectivity index (χ1v) is 7.12. The standard InChI is InChI=1S/C16H20O2/c17-15-9-8-14-13(15)6-3-7-16(14)18-11-10-12-4-1-2-5-12/h3,6-7,12H,1-2,4-5,8-11H2. The molecule has 18 heavy (non-hydrogen) atoms. The van der Waals surface area contributed by atoms with Gasteiger partial charge in [0.15, 0.2) is 5.78 Å². The van der Waals surface area contributed by atoms with E-state index in [0.717, 1.165) is 42.2 Å². The maximum atomic E-state index is 11.6. The van der Waals surface area contributed by atoms with Crippen molar-refractivity contribution >= 4 is 5.78 Å². The predicted octanol–water partition coefficient (Wildman–Crippen LogP) is 3.77. The molecule has 3 rings (SSSR count). The summed E-state index contributed by atoms with van der Waals surface area (Å²) in [4.78, 5) is 11.6. The van der Waals surface area contributed by atoms with Gasteiger partial charge in [0.05, 0.1) is 6.61 Å². The molecule has 1 aromatic carbocycles. The van der Waals surface area contributed by atoms with Crippen LogP contribution in [0.15, 0.2) is 18.2 Å². The van der Waals surface area contributed by atoms with Gasteiger partial charge in [-0.05, 0) is 24.8 Å². The van der Waals surface area contributed by atoms with Crippen LogP contribution in [0.25, 0.3) is 0 Å². The Labute approximate surface area is 108 Å². The number of ether oxygens (including phenoxy) is 1. The molecule has 0 heterocycles. The van der Waals surface area contributed by atoms with Crippen LogP contribution >= 0.6 is 0 Å². The minimum Gasteiger partial charge on any atom is -0.493 e. The molecule has 96 valence electrons. The average Bonchev–Trinajstić information content (AvgIpc) is 3.01. The van der Waals surface area contributed by atoms with E-state index >= 15 is 0 Å². The molecule has 0 aromatic heterocycles. The lowest BCUT2D eigenvalue weighted by atomic mass is 10.1. The van der Waals surface area contributed by atoms with Gasteiger partial charge < -0.3 is 4.74 Å². The minimum atomic E-state index is 0.270. The van der Waals surface area contributed by atoms with E-state index < -0.39 is 0 Å². The fraction of sp³-hybridized carbons (Fsp3) is 0.562. The molecule has 0 N–H and O–H groups in total. The first kappa shape index (κ1) is 11.8. The van der Waals surface area contributed by atoms with Crippen LogP contribution in [-0.2, 0) is 6.42 Å². The number of Topliss-reactive ketones (excluding diaryl/α,β-unsaturated/α-hetero) is 1. The van der Waals surface area contributed by atoms with Crippen molar-refractivity contribution < 1.29 is 9.53 Å². The van der Waals surface area contributed by atoms with Crippen molar-refractivity contribution in [3.05, 3.63) is 29.3 Å². The summed E-state index contributed by atoms with van der Waals surface area (Å²) in [6.45, 7) is 0.801. The summed E-state index contributed by atoms with van der Waals surface area (Å²) in [5.74, 6) is 2.07. The Morgan fingerprint density at radius 1 is 1.17 bits per heavy atom. The Kier molecular flexibility index (Phi) is 3.35. The maximum Gasteiger partial charge on any atom is 0.163 e. The number of rotatable bonds is 4. The van der Waals surface area contributed by atoms with Crippen LogP contribution in [0.2, 0.25) is 0 Å². The fourth-order valence-corrected chi connectivity index (χ4v) is 3.23. The van der Waals surface area contributed by atoms with Crippen molar-refractivity contribution in [3.63, 3.8) is 0 Å². The van der Waals surface area contributed by atoms with Gasteiger partial charge in [0.2, 0.25) is 0 Å². The number of hydrogen-bond acceptors (Lipinski definition) is 2. The predicted molar refractivity (Wildman–Crippen MR) is 71.2 cm³/mol. The summed E-state index contributed by atoms with van der Waals surface area (Å²) < 4.78 is 5.91. The lowest BCUT2D eigenvalue weighted by Gasteiger charge is -2.12. The van der Waals surface area contributed by atoms with Crippen molar-refractivity contribution in [1.82, 2.24) is 0 Å². The van der Waals surface area contributed by atoms with E-state index in [1.165, 1.54) is 25.7 Å². The third-order valence-corrected chi connectivity index (χ3v) is 4.29. The molecule has 1 saturated carbocycles. The second-order valence-corrected chi connectivity index (χ2v) is 5.49. The van der Waals surface area contributed by atoms with Crippen LogP contribution in [0, 0.1) is 5.92 Å². The highest BCUT2D eigenvalue weighted by atomic mass is 16.5. The largest absolute Gasteiger partial charge is 0.493 e. The van der Waals surface area contributed by atoms with Crippen molar-refractivity contribution in [2.75, 3.05) is 6.61 Å². The molecule has 2 heteroatoms. The Hall–Kier alpha value is -1.31. The first-order chi connectivity index (χ1) is 8.84. The topological polar surface area (TPSA) is 26.3 Å². The monoisotopic (exact) mass is 244 g/mol. The molecule has 0 amide bonds. The number of carbonyl (C=O) groups is 1. The fourth-order valence-electron chi connectivity index (χ4n) is 3.23. The van der Waals surface area contributed by atoms with Crippen molar-refractivity contribution in [1.29, 1.82) is 0 Å². The maximum absolute atomic E-state index is 11.6. The van der Waals surface area contributed by atoms with Crippen LogP contribution in [-0.4, -0.2) is 12.4 Å². The molecule has 0 atom stereocenters. The quantitative estimate of drug-likeness (QED) is 0.805. The van der Waals surface area contributed by atoms with Gasteiger partial charge in [-0.2, -0.15) is 0 Å². The minimum absolute atomic E-state index is 0.270. The van der Waals surface area contributed by atoms with Crippen LogP contribution in [0.3, 0.4) is 0 Å². The molecule has 0 spiro atoms. The molecule has 0 unspecified atom stereocenters. The molecule has 0 aliphatic heterocycles. The Morgan fingerprint density at radius 3 is 2.83 bits per heavy atom. The van der Waals surface area contributed by atoms with Crippen LogP contribution in [0.1, 0.15) is 54.4 Å². The molecule has 2 aliphatic carbocycles. The van der Waals surface area contributed by atoms with E-state index in [1.54, 1.807) is 0 Å². The van der Waals surface area contributed by atoms with E-state index in [-0.39, 0.29) is 5.78 Å². The van der Waals surface area contributed by atoms with Crippen molar-refractivity contribution in [3.8, 4) is 5.75 Å². The number of benzene rings is 1. The summed E-state index contributed by atoms with van der Waals surface area (Å²) in [5, 5.41) is 0. The van der Waals surface area contributed by atoms with Gasteiger partial charge in [-0.15, -0.1) is 0 Å². The SMILES string of the molecule is O=C1CCc2c(OCCC3CCCC3)cccc21. The van der Waals surface area contributed by atoms with E-state index in [9.17, 15) is 4.79 Å². The molecule has 0 bridgehead atoms. The number of fused-ring (bicyclic) bond motifs is 1. The van der Waals surface area contributed by atoms with Gasteiger partial charge >= 0.3 is 0 Å². The number of carbonyl (C=O) groups excluding carboxylic acids is 1. The second kappa shape index (κ2) is 5.13. The van der Waals surface area contributed by atoms with Gasteiger partial charge in [0.1, 0.15) is 5.75 Å². The van der Waals surface area contributed by atoms with Gasteiger partial charge in [0.25, 0.3) is 0 Å². The zero-order valence-corrected chi connectivity index (χ0v) is 10.8. The summed E-state index contributed by atoms with van der Waals surface area (Å²) in [5.41, 5.74) is 2.02. The third-order valence-electron chi connectivity index (χ3n) is 4.29. The highest BCUT2D eigenvalue weighted by molar-refractivity contribution is 6.01. The second-order valence-electron chi connectivity index (χ2n) is 5.49. The molecule has 0 saturated heterocycles. The van der Waals surface area contributed by atoms with Gasteiger partial charge in [0, 0.05) is 17.5 Å². The van der Waals surface area contributed by atoms with Crippen LogP contribution < -0.4 is 4.74 Å². The summed E-state index contributed by atoms with van der Waals surface area (Å²) in [7, 11) is 0.